The van der Waals surface area contributed by atoms with Gasteiger partial charge in [0.05, 0.1) is 0 Å². The van der Waals surface area contributed by atoms with Gasteiger partial charge < -0.3 is 10.6 Å². The molecule has 0 spiro atoms. The third kappa shape index (κ3) is 3.91. The minimum Gasteiger partial charge on any atom is -0.374 e. The van der Waals surface area contributed by atoms with Gasteiger partial charge in [0.25, 0.3) is 0 Å². The molecule has 2 N–H and O–H groups in total. The molecule has 15 heavy (non-hydrogen) atoms. The van der Waals surface area contributed by atoms with Crippen LogP contribution in [-0.4, -0.2) is 18.5 Å². The van der Waals surface area contributed by atoms with Crippen molar-refractivity contribution in [2.45, 2.75) is 19.9 Å². The van der Waals surface area contributed by atoms with Crippen LogP contribution in [0.25, 0.3) is 0 Å². The molecule has 0 heterocycles. The monoisotopic (exact) mass is 270 g/mol. The second kappa shape index (κ2) is 5.75. The van der Waals surface area contributed by atoms with Crippen LogP contribution in [-0.2, 0) is 4.79 Å². The zero-order chi connectivity index (χ0) is 11.3. The van der Waals surface area contributed by atoms with E-state index in [4.69, 9.17) is 0 Å². The van der Waals surface area contributed by atoms with Crippen molar-refractivity contribution < 1.29 is 4.79 Å². The molecule has 0 aliphatic heterocycles. The van der Waals surface area contributed by atoms with Crippen LogP contribution in [0, 0.1) is 0 Å². The highest BCUT2D eigenvalue weighted by molar-refractivity contribution is 9.10. The van der Waals surface area contributed by atoms with E-state index in [1.54, 1.807) is 0 Å². The molecule has 1 rings (SSSR count). The highest BCUT2D eigenvalue weighted by Gasteiger charge is 2.10. The van der Waals surface area contributed by atoms with Crippen molar-refractivity contribution in [3.05, 3.63) is 28.7 Å². The largest absolute Gasteiger partial charge is 0.374 e. The summed E-state index contributed by atoms with van der Waals surface area (Å²) in [6, 6.07) is 7.52. The molecule has 0 unspecified atom stereocenters. The number of amides is 1. The number of benzene rings is 1. The van der Waals surface area contributed by atoms with Crippen molar-refractivity contribution in [3.63, 3.8) is 0 Å². The molecule has 4 heteroatoms. The highest BCUT2D eigenvalue weighted by atomic mass is 79.9. The Balaban J connectivity index is 2.54. The van der Waals surface area contributed by atoms with Gasteiger partial charge in [-0.2, -0.15) is 0 Å². The topological polar surface area (TPSA) is 41.1 Å². The van der Waals surface area contributed by atoms with Gasteiger partial charge in [-0.25, -0.2) is 0 Å². The summed E-state index contributed by atoms with van der Waals surface area (Å²) in [5, 5.41) is 5.89. The average Bonchev–Trinajstić information content (AvgIpc) is 2.22. The van der Waals surface area contributed by atoms with Crippen molar-refractivity contribution in [3.8, 4) is 0 Å². The lowest BCUT2D eigenvalue weighted by Gasteiger charge is -2.14. The van der Waals surface area contributed by atoms with Gasteiger partial charge in [-0.05, 0) is 38.1 Å². The predicted molar refractivity (Wildman–Crippen MR) is 65.9 cm³/mol. The highest BCUT2D eigenvalue weighted by Crippen LogP contribution is 2.14. The molecule has 0 aromatic heterocycles. The van der Waals surface area contributed by atoms with Crippen molar-refractivity contribution in [1.29, 1.82) is 0 Å². The van der Waals surface area contributed by atoms with Gasteiger partial charge in [0, 0.05) is 16.7 Å². The Hall–Kier alpha value is -1.03. The van der Waals surface area contributed by atoms with Gasteiger partial charge in [-0.1, -0.05) is 15.9 Å². The number of likely N-dealkylation sites (N-methyl/N-ethyl adjacent to an activating group) is 1. The summed E-state index contributed by atoms with van der Waals surface area (Å²) in [7, 11) is 0. The van der Waals surface area contributed by atoms with E-state index < -0.39 is 0 Å². The molecule has 1 atom stereocenters. The van der Waals surface area contributed by atoms with Gasteiger partial charge >= 0.3 is 0 Å². The fourth-order valence-corrected chi connectivity index (χ4v) is 1.45. The van der Waals surface area contributed by atoms with E-state index in [1.807, 2.05) is 38.1 Å². The van der Waals surface area contributed by atoms with Gasteiger partial charge in [0.15, 0.2) is 0 Å². The van der Waals surface area contributed by atoms with Crippen LogP contribution in [0.1, 0.15) is 13.8 Å². The number of carbonyl (C=O) groups excluding carboxylic acids is 1. The molecule has 0 bridgehead atoms. The Morgan fingerprint density at radius 1 is 1.40 bits per heavy atom. The number of halogens is 1. The molecule has 3 nitrogen and oxygen atoms in total. The molecule has 0 saturated heterocycles. The molecule has 0 fully saturated rings. The minimum atomic E-state index is -0.217. The van der Waals surface area contributed by atoms with Crippen LogP contribution in [0.15, 0.2) is 28.7 Å². The van der Waals surface area contributed by atoms with Gasteiger partial charge in [-0.3, -0.25) is 4.79 Å². The molecule has 0 aliphatic rings. The first kappa shape index (κ1) is 12.0. The first-order valence-corrected chi connectivity index (χ1v) is 5.72. The Morgan fingerprint density at radius 3 is 2.53 bits per heavy atom. The molecule has 1 aromatic rings. The number of nitrogens with one attached hydrogen (secondary N) is 2. The van der Waals surface area contributed by atoms with Crippen molar-refractivity contribution >= 4 is 27.5 Å². The lowest BCUT2D eigenvalue weighted by atomic mass is 10.2. The Bertz CT molecular complexity index is 324. The molecular formula is C11H15BrN2O. The van der Waals surface area contributed by atoms with Crippen LogP contribution in [0.4, 0.5) is 5.69 Å². The van der Waals surface area contributed by atoms with Gasteiger partial charge in [-0.15, -0.1) is 0 Å². The molecule has 1 aromatic carbocycles. The van der Waals surface area contributed by atoms with E-state index in [-0.39, 0.29) is 11.9 Å². The third-order valence-corrected chi connectivity index (χ3v) is 2.50. The maximum absolute atomic E-state index is 11.4. The third-order valence-electron chi connectivity index (χ3n) is 1.97. The molecule has 1 amide bonds. The second-order valence-corrected chi connectivity index (χ2v) is 4.18. The van der Waals surface area contributed by atoms with Crippen LogP contribution >= 0.6 is 15.9 Å². The van der Waals surface area contributed by atoms with Crippen molar-refractivity contribution in [2.75, 3.05) is 11.9 Å². The fourth-order valence-electron chi connectivity index (χ4n) is 1.19. The predicted octanol–water partition coefficient (Wildman–Crippen LogP) is 2.39. The van der Waals surface area contributed by atoms with E-state index in [2.05, 4.69) is 26.6 Å². The zero-order valence-electron chi connectivity index (χ0n) is 8.88. The Kier molecular flexibility index (Phi) is 4.62. The summed E-state index contributed by atoms with van der Waals surface area (Å²) in [5.74, 6) is 0.0143. The normalized spacial score (nSPS) is 11.9. The molecule has 0 radical (unpaired) electrons. The second-order valence-electron chi connectivity index (χ2n) is 3.27. The molecular weight excluding hydrogens is 256 g/mol. The standard InChI is InChI=1S/C11H15BrN2O/c1-3-13-11(15)8(2)14-10-6-4-9(12)5-7-10/h4-8,14H,3H2,1-2H3,(H,13,15)/t8-/m1/s1. The Labute approximate surface area is 98.4 Å². The van der Waals surface area contributed by atoms with E-state index in [9.17, 15) is 4.79 Å². The van der Waals surface area contributed by atoms with Crippen LogP contribution in [0.2, 0.25) is 0 Å². The smallest absolute Gasteiger partial charge is 0.242 e. The first-order chi connectivity index (χ1) is 7.13. The SMILES string of the molecule is CCNC(=O)[C@@H](C)Nc1ccc(Br)cc1. The summed E-state index contributed by atoms with van der Waals surface area (Å²) < 4.78 is 1.03. The van der Waals surface area contributed by atoms with Crippen LogP contribution < -0.4 is 10.6 Å². The van der Waals surface area contributed by atoms with Crippen molar-refractivity contribution in [2.24, 2.45) is 0 Å². The van der Waals surface area contributed by atoms with Gasteiger partial charge in [0.1, 0.15) is 6.04 Å². The van der Waals surface area contributed by atoms with Crippen molar-refractivity contribution in [1.82, 2.24) is 5.32 Å². The Morgan fingerprint density at radius 2 is 2.00 bits per heavy atom. The average molecular weight is 271 g/mol. The zero-order valence-corrected chi connectivity index (χ0v) is 10.5. The fraction of sp³-hybridized carbons (Fsp3) is 0.364. The van der Waals surface area contributed by atoms with E-state index in [0.717, 1.165) is 10.2 Å². The lowest BCUT2D eigenvalue weighted by molar-refractivity contribution is -0.121. The maximum atomic E-state index is 11.4. The van der Waals surface area contributed by atoms with Gasteiger partial charge in [0.2, 0.25) is 5.91 Å². The molecule has 82 valence electrons. The molecule has 0 saturated carbocycles. The number of anilines is 1. The van der Waals surface area contributed by atoms with E-state index >= 15 is 0 Å². The summed E-state index contributed by atoms with van der Waals surface area (Å²) in [4.78, 5) is 11.4. The summed E-state index contributed by atoms with van der Waals surface area (Å²) in [6.07, 6.45) is 0. The maximum Gasteiger partial charge on any atom is 0.242 e. The summed E-state index contributed by atoms with van der Waals surface area (Å²) in [6.45, 7) is 4.41. The quantitative estimate of drug-likeness (QED) is 0.882. The number of hydrogen-bond donors (Lipinski definition) is 2. The van der Waals surface area contributed by atoms with Crippen LogP contribution in [0.3, 0.4) is 0 Å². The lowest BCUT2D eigenvalue weighted by Crippen LogP contribution is -2.37. The molecule has 0 aliphatic carbocycles. The number of carbonyl (C=O) groups is 1. The first-order valence-electron chi connectivity index (χ1n) is 4.93. The summed E-state index contributed by atoms with van der Waals surface area (Å²) in [5.41, 5.74) is 0.942. The minimum absolute atomic E-state index is 0.0143. The van der Waals surface area contributed by atoms with E-state index in [0.29, 0.717) is 6.54 Å². The van der Waals surface area contributed by atoms with E-state index in [1.165, 1.54) is 0 Å². The number of rotatable bonds is 4. The number of hydrogen-bond acceptors (Lipinski definition) is 2. The van der Waals surface area contributed by atoms with Crippen LogP contribution in [0.5, 0.6) is 0 Å². The summed E-state index contributed by atoms with van der Waals surface area (Å²) >= 11 is 3.36.